The van der Waals surface area contributed by atoms with Crippen LogP contribution < -0.4 is 35.3 Å². The summed E-state index contributed by atoms with van der Waals surface area (Å²) in [4.78, 5) is 29.5. The van der Waals surface area contributed by atoms with E-state index >= 15 is 0 Å². The van der Waals surface area contributed by atoms with E-state index in [1.165, 1.54) is 20.2 Å². The van der Waals surface area contributed by atoms with E-state index in [9.17, 15) is 45.3 Å². The van der Waals surface area contributed by atoms with Crippen LogP contribution in [0.3, 0.4) is 0 Å². The van der Waals surface area contributed by atoms with Gasteiger partial charge >= 0.3 is 11.9 Å². The van der Waals surface area contributed by atoms with Crippen LogP contribution in [-0.2, 0) is 15.9 Å². The van der Waals surface area contributed by atoms with Gasteiger partial charge in [-0.15, -0.1) is 0 Å². The van der Waals surface area contributed by atoms with Crippen molar-refractivity contribution >= 4 is 23.6 Å². The van der Waals surface area contributed by atoms with Crippen molar-refractivity contribution in [2.75, 3.05) is 32.8 Å². The van der Waals surface area contributed by atoms with Crippen LogP contribution in [0.5, 0.6) is 34.5 Å². The van der Waals surface area contributed by atoms with Crippen LogP contribution in [-0.4, -0.2) is 124 Å². The number of phenolic OH excluding ortho intramolecular Hbond substituents is 2. The number of esters is 1. The number of carboxylic acid groups (broad SMARTS) is 1. The summed E-state index contributed by atoms with van der Waals surface area (Å²) in [6.45, 7) is 5.62. The zero-order valence-corrected chi connectivity index (χ0v) is 32.7. The Labute approximate surface area is 334 Å². The number of rotatable bonds is 19. The Morgan fingerprint density at radius 1 is 0.914 bits per heavy atom. The molecule has 0 unspecified atom stereocenters. The number of phenols is 2. The number of nitrogens with zero attached hydrogens (tertiary/aromatic N) is 1. The largest absolute Gasteiger partial charge is 0.504 e. The fourth-order valence-electron chi connectivity index (χ4n) is 5.80. The van der Waals surface area contributed by atoms with Crippen molar-refractivity contribution in [3.05, 3.63) is 65.2 Å². The molecule has 58 heavy (non-hydrogen) atoms. The predicted molar refractivity (Wildman–Crippen MR) is 207 cm³/mol. The molecular formula is C39H52N4O15. The van der Waals surface area contributed by atoms with Gasteiger partial charge in [0.2, 0.25) is 24.1 Å². The third-order valence-electron chi connectivity index (χ3n) is 9.09. The lowest BCUT2D eigenvalue weighted by molar-refractivity contribution is -0.309. The Hall–Kier alpha value is -5.73. The number of carbonyl (C=O) groups excluding carboxylic acids is 1. The zero-order valence-electron chi connectivity index (χ0n) is 32.7. The number of aromatic hydroxyl groups is 2. The maximum Gasteiger partial charge on any atom is 0.344 e. The van der Waals surface area contributed by atoms with E-state index in [-0.39, 0.29) is 53.8 Å². The fraction of sp³-hybridized carbons (Fsp3) is 0.462. The monoisotopic (exact) mass is 816 g/mol. The molecule has 19 nitrogen and oxygen atoms in total. The lowest BCUT2D eigenvalue weighted by Gasteiger charge is -2.41. The van der Waals surface area contributed by atoms with Gasteiger partial charge in [-0.25, -0.2) is 9.59 Å². The Balaban J connectivity index is 1.59. The van der Waals surface area contributed by atoms with E-state index in [0.29, 0.717) is 18.8 Å². The molecular weight excluding hydrogens is 764 g/mol. The van der Waals surface area contributed by atoms with E-state index in [0.717, 1.165) is 24.1 Å². The highest BCUT2D eigenvalue weighted by Crippen LogP contribution is 2.46. The SMILES string of the molecule is CN=C(N)NCOc1cc(C(=O)O)c(N[C@H](C)CCC(C)C)cc1O[C@H]1O[C@H]([C@@H](O)OC(=O)c2cc(OC)c(O)c(OCCc3ccccc3)c2O)[C@@H](O)[C@H](O)[C@H]1O. The van der Waals surface area contributed by atoms with Gasteiger partial charge in [-0.05, 0) is 31.2 Å². The first-order chi connectivity index (χ1) is 27.6. The van der Waals surface area contributed by atoms with Crippen molar-refractivity contribution in [2.45, 2.75) is 83.1 Å². The molecule has 3 aromatic rings. The lowest BCUT2D eigenvalue weighted by atomic mass is 9.98. The number of aromatic carboxylic acids is 1. The van der Waals surface area contributed by atoms with Gasteiger partial charge in [0, 0.05) is 37.7 Å². The molecule has 318 valence electrons. The van der Waals surface area contributed by atoms with Crippen molar-refractivity contribution < 1.29 is 73.8 Å². The normalized spacial score (nSPS) is 20.4. The van der Waals surface area contributed by atoms with Gasteiger partial charge in [0.1, 0.15) is 23.9 Å². The van der Waals surface area contributed by atoms with Gasteiger partial charge in [0.15, 0.2) is 41.8 Å². The predicted octanol–water partition coefficient (Wildman–Crippen LogP) is 1.89. The third-order valence-corrected chi connectivity index (χ3v) is 9.09. The van der Waals surface area contributed by atoms with Gasteiger partial charge in [-0.2, -0.15) is 0 Å². The second-order valence-electron chi connectivity index (χ2n) is 13.8. The number of carboxylic acids is 1. The molecule has 3 aromatic carbocycles. The number of guanidine groups is 1. The number of carbonyl (C=O) groups is 2. The minimum atomic E-state index is -2.37. The topological polar surface area (TPSA) is 294 Å². The summed E-state index contributed by atoms with van der Waals surface area (Å²) < 4.78 is 33.2. The van der Waals surface area contributed by atoms with E-state index in [4.69, 9.17) is 34.2 Å². The number of aliphatic imine (C=N–C) groups is 1. The molecule has 0 radical (unpaired) electrons. The molecule has 4 rings (SSSR count). The molecule has 0 aliphatic carbocycles. The van der Waals surface area contributed by atoms with E-state index in [1.807, 2.05) is 37.3 Å². The summed E-state index contributed by atoms with van der Waals surface area (Å²) in [5.41, 5.74) is 5.87. The van der Waals surface area contributed by atoms with E-state index < -0.39 is 71.7 Å². The smallest absolute Gasteiger partial charge is 0.344 e. The van der Waals surface area contributed by atoms with Crippen molar-refractivity contribution in [3.63, 3.8) is 0 Å². The summed E-state index contributed by atoms with van der Waals surface area (Å²) in [6.07, 6.45) is -10.5. The molecule has 7 atom stereocenters. The number of aliphatic hydroxyl groups is 4. The third kappa shape index (κ3) is 11.4. The Kier molecular flexibility index (Phi) is 16.0. The van der Waals surface area contributed by atoms with Crippen LogP contribution >= 0.6 is 0 Å². The molecule has 0 bridgehead atoms. The number of aliphatic hydroxyl groups excluding tert-OH is 4. The van der Waals surface area contributed by atoms with Gasteiger partial charge in [-0.1, -0.05) is 44.2 Å². The van der Waals surface area contributed by atoms with Gasteiger partial charge in [-0.3, -0.25) is 4.99 Å². The number of nitrogens with two attached hydrogens (primary N) is 1. The van der Waals surface area contributed by atoms with Crippen molar-refractivity contribution in [1.29, 1.82) is 0 Å². The fourth-order valence-corrected chi connectivity index (χ4v) is 5.80. The van der Waals surface area contributed by atoms with Crippen LogP contribution in [0.25, 0.3) is 0 Å². The second kappa shape index (κ2) is 20.6. The number of hydrogen-bond donors (Lipinski definition) is 10. The maximum atomic E-state index is 13.4. The first-order valence-corrected chi connectivity index (χ1v) is 18.4. The summed E-state index contributed by atoms with van der Waals surface area (Å²) in [6, 6.07) is 12.3. The molecule has 1 aliphatic rings. The Morgan fingerprint density at radius 2 is 1.60 bits per heavy atom. The molecule has 0 spiro atoms. The van der Waals surface area contributed by atoms with Crippen molar-refractivity contribution in [2.24, 2.45) is 16.6 Å². The first-order valence-electron chi connectivity index (χ1n) is 18.4. The van der Waals surface area contributed by atoms with Crippen LogP contribution in [0, 0.1) is 5.92 Å². The minimum Gasteiger partial charge on any atom is -0.504 e. The molecule has 0 aromatic heterocycles. The molecule has 0 amide bonds. The Bertz CT molecular complexity index is 1880. The highest BCUT2D eigenvalue weighted by Gasteiger charge is 2.49. The standard InChI is InChI=1S/C39H52N4O15/c1-19(2)11-12-20(3)43-24-17-26(25(15-22(24)35(49)50)55-18-42-39(40)41-4)56-38-32(48)30(46)31(47)34(57-38)37(52)58-36(51)23-16-27(53-5)29(45)33(28(23)44)54-14-13-21-9-7-6-8-10-21/h6-10,15-17,19-20,30-32,34,37-38,43-48,52H,11-14,18H2,1-5H3,(H,49,50)(H3,40,41,42)/t20-,30+,31+,32-,34+,37+,38+/m1/s1. The molecule has 0 saturated carbocycles. The van der Waals surface area contributed by atoms with E-state index in [2.05, 4.69) is 29.5 Å². The summed E-state index contributed by atoms with van der Waals surface area (Å²) in [7, 11) is 2.61. The average Bonchev–Trinajstić information content (AvgIpc) is 3.19. The minimum absolute atomic E-state index is 0.00131. The lowest BCUT2D eigenvalue weighted by Crippen LogP contribution is -2.62. The number of nitrogens with one attached hydrogen (secondary N) is 2. The van der Waals surface area contributed by atoms with E-state index in [1.54, 1.807) is 0 Å². The average molecular weight is 817 g/mol. The molecule has 1 fully saturated rings. The quantitative estimate of drug-likeness (QED) is 0.0358. The molecule has 19 heteroatoms. The van der Waals surface area contributed by atoms with Crippen LogP contribution in [0.4, 0.5) is 5.69 Å². The van der Waals surface area contributed by atoms with Gasteiger partial charge in [0.25, 0.3) is 0 Å². The number of methoxy groups -OCH3 is 1. The van der Waals surface area contributed by atoms with Gasteiger partial charge < -0.3 is 80.5 Å². The van der Waals surface area contributed by atoms with Crippen LogP contribution in [0.15, 0.2) is 53.5 Å². The van der Waals surface area contributed by atoms with Crippen LogP contribution in [0.2, 0.25) is 0 Å². The van der Waals surface area contributed by atoms with Crippen molar-refractivity contribution in [3.8, 4) is 34.5 Å². The molecule has 1 aliphatic heterocycles. The van der Waals surface area contributed by atoms with Crippen LogP contribution in [0.1, 0.15) is 59.9 Å². The number of benzene rings is 3. The Morgan fingerprint density at radius 3 is 2.24 bits per heavy atom. The van der Waals surface area contributed by atoms with Gasteiger partial charge in [0.05, 0.1) is 25.0 Å². The summed E-state index contributed by atoms with van der Waals surface area (Å²) in [5, 5.41) is 81.2. The molecule has 1 heterocycles. The second-order valence-corrected chi connectivity index (χ2v) is 13.8. The first kappa shape index (κ1) is 45.0. The highest BCUT2D eigenvalue weighted by molar-refractivity contribution is 5.96. The number of hydrogen-bond acceptors (Lipinski definition) is 16. The highest BCUT2D eigenvalue weighted by atomic mass is 16.7. The molecule has 1 saturated heterocycles. The zero-order chi connectivity index (χ0) is 42.7. The number of ether oxygens (including phenoxy) is 6. The molecule has 11 N–H and O–H groups in total. The summed E-state index contributed by atoms with van der Waals surface area (Å²) in [5.74, 6) is -4.98. The van der Waals surface area contributed by atoms with Crippen molar-refractivity contribution in [1.82, 2.24) is 5.32 Å². The number of anilines is 1. The summed E-state index contributed by atoms with van der Waals surface area (Å²) >= 11 is 0. The maximum absolute atomic E-state index is 13.4.